The molecular weight excluding hydrogens is 326 g/mol. The molecule has 1 heterocycles. The highest BCUT2D eigenvalue weighted by molar-refractivity contribution is 6.32. The Kier molecular flexibility index (Phi) is 6.29. The van der Waals surface area contributed by atoms with Crippen molar-refractivity contribution >= 4 is 23.1 Å². The van der Waals surface area contributed by atoms with Crippen molar-refractivity contribution in [2.24, 2.45) is 0 Å². The molecular formula is C18H24ClN3O2. The largest absolute Gasteiger partial charge is 0.495 e. The number of rotatable bonds is 7. The van der Waals surface area contributed by atoms with Gasteiger partial charge >= 0.3 is 0 Å². The molecule has 6 heteroatoms. The van der Waals surface area contributed by atoms with E-state index < -0.39 is 0 Å². The molecule has 0 aliphatic rings. The number of nitrogens with one attached hydrogen (secondary N) is 1. The Hall–Kier alpha value is -1.98. The number of anilines is 2. The molecule has 2 rings (SSSR count). The molecule has 130 valence electrons. The van der Waals surface area contributed by atoms with E-state index in [2.05, 4.69) is 17.2 Å². The predicted octanol–water partition coefficient (Wildman–Crippen LogP) is 4.14. The minimum Gasteiger partial charge on any atom is -0.495 e. The van der Waals surface area contributed by atoms with Gasteiger partial charge in [-0.2, -0.15) is 0 Å². The molecule has 0 radical (unpaired) electrons. The van der Waals surface area contributed by atoms with E-state index in [1.54, 1.807) is 20.4 Å². The van der Waals surface area contributed by atoms with E-state index in [1.165, 1.54) is 0 Å². The number of nitrogen functional groups attached to an aromatic ring is 1. The molecule has 0 bridgehead atoms. The van der Waals surface area contributed by atoms with Crippen LogP contribution in [0, 0.1) is 6.92 Å². The second-order valence-electron chi connectivity index (χ2n) is 5.63. The van der Waals surface area contributed by atoms with Gasteiger partial charge in [-0.25, -0.2) is 4.98 Å². The van der Waals surface area contributed by atoms with E-state index in [9.17, 15) is 0 Å². The van der Waals surface area contributed by atoms with E-state index in [0.717, 1.165) is 23.1 Å². The fourth-order valence-corrected chi connectivity index (χ4v) is 2.82. The van der Waals surface area contributed by atoms with Crippen molar-refractivity contribution in [1.82, 2.24) is 4.98 Å². The van der Waals surface area contributed by atoms with E-state index >= 15 is 0 Å². The summed E-state index contributed by atoms with van der Waals surface area (Å²) in [7, 11) is 3.28. The quantitative estimate of drug-likeness (QED) is 0.786. The lowest BCUT2D eigenvalue weighted by Crippen LogP contribution is -2.25. The first-order valence-electron chi connectivity index (χ1n) is 7.86. The molecule has 24 heavy (non-hydrogen) atoms. The second kappa shape index (κ2) is 8.22. The lowest BCUT2D eigenvalue weighted by molar-refractivity contribution is 0.184. The molecule has 0 aliphatic heterocycles. The predicted molar refractivity (Wildman–Crippen MR) is 100.0 cm³/mol. The number of nitrogens with two attached hydrogens (primary N) is 1. The van der Waals surface area contributed by atoms with Gasteiger partial charge in [0.2, 0.25) is 0 Å². The maximum Gasteiger partial charge on any atom is 0.150 e. The van der Waals surface area contributed by atoms with Gasteiger partial charge in [0, 0.05) is 18.9 Å². The number of halogens is 1. The van der Waals surface area contributed by atoms with Gasteiger partial charge in [-0.3, -0.25) is 0 Å². The van der Waals surface area contributed by atoms with E-state index in [4.69, 9.17) is 26.8 Å². The average molecular weight is 350 g/mol. The molecule has 1 aromatic heterocycles. The van der Waals surface area contributed by atoms with Crippen LogP contribution >= 0.6 is 11.6 Å². The number of ether oxygens (including phenoxy) is 2. The highest BCUT2D eigenvalue weighted by Crippen LogP contribution is 2.37. The maximum absolute atomic E-state index is 6.36. The van der Waals surface area contributed by atoms with Gasteiger partial charge in [0.25, 0.3) is 0 Å². The third kappa shape index (κ3) is 3.91. The third-order valence-corrected chi connectivity index (χ3v) is 4.28. The number of benzene rings is 1. The Balaban J connectivity index is 2.42. The van der Waals surface area contributed by atoms with Crippen LogP contribution < -0.4 is 15.8 Å². The summed E-state index contributed by atoms with van der Waals surface area (Å²) in [6, 6.07) is 5.82. The van der Waals surface area contributed by atoms with Gasteiger partial charge < -0.3 is 20.5 Å². The molecule has 0 saturated carbocycles. The Bertz CT molecular complexity index is 707. The summed E-state index contributed by atoms with van der Waals surface area (Å²) in [5.41, 5.74) is 9.84. The van der Waals surface area contributed by atoms with Crippen molar-refractivity contribution in [1.29, 1.82) is 0 Å². The number of aryl methyl sites for hydroxylation is 1. The summed E-state index contributed by atoms with van der Waals surface area (Å²) in [6.07, 6.45) is 2.65. The molecule has 2 aromatic rings. The summed E-state index contributed by atoms with van der Waals surface area (Å²) >= 11 is 6.28. The molecule has 0 fully saturated rings. The summed E-state index contributed by atoms with van der Waals surface area (Å²) in [5, 5.41) is 3.90. The zero-order valence-corrected chi connectivity index (χ0v) is 15.3. The topological polar surface area (TPSA) is 69.4 Å². The van der Waals surface area contributed by atoms with Gasteiger partial charge in [-0.1, -0.05) is 18.5 Å². The molecule has 5 nitrogen and oxygen atoms in total. The normalized spacial score (nSPS) is 12.0. The minimum absolute atomic E-state index is 0.153. The fourth-order valence-electron chi connectivity index (χ4n) is 2.58. The molecule has 0 aliphatic carbocycles. The number of hydrogen-bond donors (Lipinski definition) is 2. The monoisotopic (exact) mass is 349 g/mol. The Morgan fingerprint density at radius 2 is 2.04 bits per heavy atom. The lowest BCUT2D eigenvalue weighted by Gasteiger charge is -2.19. The van der Waals surface area contributed by atoms with Gasteiger partial charge in [-0.05, 0) is 42.7 Å². The van der Waals surface area contributed by atoms with Crippen LogP contribution in [0.25, 0.3) is 11.1 Å². The van der Waals surface area contributed by atoms with Crippen LogP contribution in [0.15, 0.2) is 24.4 Å². The fraction of sp³-hybridized carbons (Fsp3) is 0.389. The third-order valence-electron chi connectivity index (χ3n) is 3.98. The van der Waals surface area contributed by atoms with Crippen molar-refractivity contribution in [3.05, 3.63) is 35.0 Å². The zero-order valence-electron chi connectivity index (χ0n) is 14.5. The van der Waals surface area contributed by atoms with Crippen LogP contribution in [0.2, 0.25) is 5.02 Å². The van der Waals surface area contributed by atoms with Crippen molar-refractivity contribution in [2.75, 3.05) is 31.9 Å². The Labute approximate surface area is 148 Å². The van der Waals surface area contributed by atoms with Crippen LogP contribution in [0.4, 0.5) is 11.5 Å². The maximum atomic E-state index is 6.36. The molecule has 1 unspecified atom stereocenters. The first-order valence-corrected chi connectivity index (χ1v) is 8.24. The van der Waals surface area contributed by atoms with Crippen LogP contribution in [0.1, 0.15) is 18.9 Å². The second-order valence-corrected chi connectivity index (χ2v) is 6.03. The average Bonchev–Trinajstić information content (AvgIpc) is 2.58. The summed E-state index contributed by atoms with van der Waals surface area (Å²) in [4.78, 5) is 4.37. The first-order chi connectivity index (χ1) is 11.5. The van der Waals surface area contributed by atoms with E-state index in [0.29, 0.717) is 28.9 Å². The number of aromatic nitrogens is 1. The van der Waals surface area contributed by atoms with E-state index in [-0.39, 0.29) is 6.04 Å². The number of hydrogen-bond acceptors (Lipinski definition) is 5. The van der Waals surface area contributed by atoms with Crippen LogP contribution in [0.3, 0.4) is 0 Å². The molecule has 3 N–H and O–H groups in total. The van der Waals surface area contributed by atoms with Gasteiger partial charge in [0.05, 0.1) is 30.5 Å². The Morgan fingerprint density at radius 3 is 2.67 bits per heavy atom. The van der Waals surface area contributed by atoms with Crippen molar-refractivity contribution in [2.45, 2.75) is 26.3 Å². The van der Waals surface area contributed by atoms with Crippen molar-refractivity contribution < 1.29 is 9.47 Å². The molecule has 0 saturated heterocycles. The Morgan fingerprint density at radius 1 is 1.29 bits per heavy atom. The summed E-state index contributed by atoms with van der Waals surface area (Å²) in [5.74, 6) is 1.30. The van der Waals surface area contributed by atoms with Gasteiger partial charge in [0.1, 0.15) is 11.6 Å². The smallest absolute Gasteiger partial charge is 0.150 e. The molecule has 0 spiro atoms. The van der Waals surface area contributed by atoms with Crippen LogP contribution in [0.5, 0.6) is 5.75 Å². The summed E-state index contributed by atoms with van der Waals surface area (Å²) < 4.78 is 10.5. The zero-order chi connectivity index (χ0) is 17.7. The van der Waals surface area contributed by atoms with Crippen molar-refractivity contribution in [3.63, 3.8) is 0 Å². The summed E-state index contributed by atoms with van der Waals surface area (Å²) in [6.45, 7) is 4.68. The lowest BCUT2D eigenvalue weighted by atomic mass is 9.99. The van der Waals surface area contributed by atoms with Crippen molar-refractivity contribution in [3.8, 4) is 16.9 Å². The van der Waals surface area contributed by atoms with E-state index in [1.807, 2.05) is 25.1 Å². The van der Waals surface area contributed by atoms with Gasteiger partial charge in [-0.15, -0.1) is 0 Å². The number of nitrogens with zero attached hydrogens (tertiary/aromatic N) is 1. The SMILES string of the molecule is CCC(COC)Nc1nccc(-c2cc(Cl)c(OC)cc2C)c1N. The number of pyridine rings is 1. The van der Waals surface area contributed by atoms with Gasteiger partial charge in [0.15, 0.2) is 0 Å². The highest BCUT2D eigenvalue weighted by atomic mass is 35.5. The molecule has 1 aromatic carbocycles. The van der Waals surface area contributed by atoms with Crippen LogP contribution in [-0.2, 0) is 4.74 Å². The minimum atomic E-state index is 0.153. The first kappa shape index (κ1) is 18.4. The molecule has 1 atom stereocenters. The molecule has 0 amide bonds. The number of methoxy groups -OCH3 is 2. The standard InChI is InChI=1S/C18H24ClN3O2/c1-5-12(10-23-3)22-18-17(20)13(6-7-21-18)14-9-15(19)16(24-4)8-11(14)2/h6-9,12H,5,10,20H2,1-4H3,(H,21,22). The van der Waals surface area contributed by atoms with Crippen LogP contribution in [-0.4, -0.2) is 31.9 Å². The highest BCUT2D eigenvalue weighted by Gasteiger charge is 2.15.